The normalized spacial score (nSPS) is 22.4. The van der Waals surface area contributed by atoms with Crippen molar-refractivity contribution < 1.29 is 9.53 Å². The highest BCUT2D eigenvalue weighted by Gasteiger charge is 2.38. The first-order valence-electron chi connectivity index (χ1n) is 11.0. The molecule has 166 valence electrons. The minimum Gasteiger partial charge on any atom is -0.489 e. The molecule has 1 unspecified atom stereocenters. The van der Waals surface area contributed by atoms with Gasteiger partial charge in [-0.1, -0.05) is 53.5 Å². The molecule has 2 aliphatic rings. The Kier molecular flexibility index (Phi) is 6.11. The number of H-pyrrole nitrogens is 1. The molecule has 0 bridgehead atoms. The molecular weight excluding hydrogens is 445 g/mol. The van der Waals surface area contributed by atoms with E-state index in [1.165, 1.54) is 11.3 Å². The van der Waals surface area contributed by atoms with Crippen LogP contribution in [0, 0.1) is 11.8 Å². The van der Waals surface area contributed by atoms with Crippen LogP contribution in [-0.4, -0.2) is 22.1 Å². The monoisotopic (exact) mass is 469 g/mol. The number of ether oxygens (including phenoxy) is 1. The Bertz CT molecular complexity index is 1090. The van der Waals surface area contributed by atoms with Gasteiger partial charge in [-0.25, -0.2) is 0 Å². The van der Waals surface area contributed by atoms with Crippen LogP contribution in [0.15, 0.2) is 48.7 Å². The van der Waals surface area contributed by atoms with E-state index in [0.717, 1.165) is 36.8 Å². The van der Waals surface area contributed by atoms with Crippen LogP contribution >= 0.6 is 23.2 Å². The minimum atomic E-state index is -0.128. The Labute approximate surface area is 197 Å². The Balaban J connectivity index is 1.23. The third-order valence-electron chi connectivity index (χ3n) is 6.67. The van der Waals surface area contributed by atoms with Gasteiger partial charge >= 0.3 is 0 Å². The van der Waals surface area contributed by atoms with Crippen LogP contribution in [0.4, 0.5) is 0 Å². The van der Waals surface area contributed by atoms with Gasteiger partial charge in [-0.2, -0.15) is 5.10 Å². The first-order valence-corrected chi connectivity index (χ1v) is 11.8. The summed E-state index contributed by atoms with van der Waals surface area (Å²) in [7, 11) is 0. The highest BCUT2D eigenvalue weighted by molar-refractivity contribution is 6.36. The largest absolute Gasteiger partial charge is 0.489 e. The molecule has 0 saturated carbocycles. The number of hydrogen-bond acceptors (Lipinski definition) is 3. The van der Waals surface area contributed by atoms with Gasteiger partial charge in [0.1, 0.15) is 12.4 Å². The predicted molar refractivity (Wildman–Crippen MR) is 125 cm³/mol. The van der Waals surface area contributed by atoms with Gasteiger partial charge in [0.15, 0.2) is 0 Å². The van der Waals surface area contributed by atoms with Crippen molar-refractivity contribution in [3.8, 4) is 5.75 Å². The standard InChI is InChI=1S/C25H25Cl2N3O2/c26-21-11-19(32-14-15-4-2-1-3-5-15)12-22(27)20(21)9-17-10-24(29-25(17)31)16-6-7-23-18(8-16)13-28-30-23/h1-5,11-13,16-17,24H,6-10,14H2,(H,28,30)(H,29,31)/t16?,17-,24-/m1/s1. The third-order valence-corrected chi connectivity index (χ3v) is 7.35. The number of aromatic nitrogens is 2. The Morgan fingerprint density at radius 1 is 1.12 bits per heavy atom. The van der Waals surface area contributed by atoms with Crippen molar-refractivity contribution in [2.24, 2.45) is 11.8 Å². The van der Waals surface area contributed by atoms with Crippen molar-refractivity contribution in [1.82, 2.24) is 15.5 Å². The van der Waals surface area contributed by atoms with Gasteiger partial charge in [-0.3, -0.25) is 9.89 Å². The fourth-order valence-corrected chi connectivity index (χ4v) is 5.51. The number of rotatable bonds is 6. The van der Waals surface area contributed by atoms with Gasteiger partial charge in [0, 0.05) is 27.7 Å². The summed E-state index contributed by atoms with van der Waals surface area (Å²) in [6.07, 6.45) is 6.24. The van der Waals surface area contributed by atoms with Gasteiger partial charge in [0.25, 0.3) is 0 Å². The molecule has 5 rings (SSSR count). The number of carbonyl (C=O) groups is 1. The molecule has 0 radical (unpaired) electrons. The molecule has 3 aromatic rings. The highest BCUT2D eigenvalue weighted by atomic mass is 35.5. The van der Waals surface area contributed by atoms with Gasteiger partial charge in [-0.05, 0) is 66.8 Å². The summed E-state index contributed by atoms with van der Waals surface area (Å²) in [5, 5.41) is 11.5. The van der Waals surface area contributed by atoms with Crippen molar-refractivity contribution in [2.45, 2.75) is 44.8 Å². The lowest BCUT2D eigenvalue weighted by atomic mass is 9.81. The first kappa shape index (κ1) is 21.4. The Morgan fingerprint density at radius 3 is 2.69 bits per heavy atom. The zero-order valence-electron chi connectivity index (χ0n) is 17.6. The summed E-state index contributed by atoms with van der Waals surface area (Å²) in [5.74, 6) is 1.02. The van der Waals surface area contributed by atoms with Crippen molar-refractivity contribution in [1.29, 1.82) is 0 Å². The molecule has 1 aromatic heterocycles. The number of hydrogen-bond donors (Lipinski definition) is 2. The van der Waals surface area contributed by atoms with E-state index in [9.17, 15) is 4.79 Å². The number of amides is 1. The van der Waals surface area contributed by atoms with Crippen LogP contribution in [0.25, 0.3) is 0 Å². The van der Waals surface area contributed by atoms with Gasteiger partial charge in [0.05, 0.1) is 6.20 Å². The van der Waals surface area contributed by atoms with Gasteiger partial charge in [-0.15, -0.1) is 0 Å². The molecule has 1 amide bonds. The molecule has 1 aliphatic heterocycles. The molecule has 0 spiro atoms. The van der Waals surface area contributed by atoms with E-state index in [4.69, 9.17) is 27.9 Å². The number of carbonyl (C=O) groups excluding carboxylic acids is 1. The Hall–Kier alpha value is -2.50. The zero-order valence-corrected chi connectivity index (χ0v) is 19.1. The average Bonchev–Trinajstić information content (AvgIpc) is 3.41. The number of fused-ring (bicyclic) bond motifs is 1. The van der Waals surface area contributed by atoms with Crippen LogP contribution in [0.5, 0.6) is 5.75 Å². The maximum atomic E-state index is 12.7. The van der Waals surface area contributed by atoms with Crippen LogP contribution in [0.2, 0.25) is 10.0 Å². The summed E-state index contributed by atoms with van der Waals surface area (Å²) < 4.78 is 5.86. The maximum absolute atomic E-state index is 12.7. The fourth-order valence-electron chi connectivity index (χ4n) is 4.89. The van der Waals surface area contributed by atoms with E-state index >= 15 is 0 Å². The smallest absolute Gasteiger partial charge is 0.223 e. The molecule has 32 heavy (non-hydrogen) atoms. The quantitative estimate of drug-likeness (QED) is 0.524. The molecule has 3 atom stereocenters. The van der Waals surface area contributed by atoms with E-state index < -0.39 is 0 Å². The van der Waals surface area contributed by atoms with Crippen LogP contribution < -0.4 is 10.1 Å². The van der Waals surface area contributed by atoms with Crippen LogP contribution in [0.3, 0.4) is 0 Å². The van der Waals surface area contributed by atoms with Gasteiger partial charge in [0.2, 0.25) is 5.91 Å². The Morgan fingerprint density at radius 2 is 1.91 bits per heavy atom. The molecule has 5 nitrogen and oxygen atoms in total. The predicted octanol–water partition coefficient (Wildman–Crippen LogP) is 5.15. The van der Waals surface area contributed by atoms with Crippen molar-refractivity contribution in [2.75, 3.05) is 0 Å². The van der Waals surface area contributed by atoms with Gasteiger partial charge < -0.3 is 10.1 Å². The van der Waals surface area contributed by atoms with E-state index in [2.05, 4.69) is 15.5 Å². The maximum Gasteiger partial charge on any atom is 0.223 e. The lowest BCUT2D eigenvalue weighted by molar-refractivity contribution is -0.122. The molecule has 1 saturated heterocycles. The number of halogens is 2. The van der Waals surface area contributed by atoms with E-state index in [0.29, 0.717) is 34.7 Å². The number of aryl methyl sites for hydroxylation is 1. The van der Waals surface area contributed by atoms with Crippen molar-refractivity contribution in [3.63, 3.8) is 0 Å². The second-order valence-electron chi connectivity index (χ2n) is 8.77. The fraction of sp³-hybridized carbons (Fsp3) is 0.360. The summed E-state index contributed by atoms with van der Waals surface area (Å²) in [6, 6.07) is 13.7. The van der Waals surface area contributed by atoms with Crippen molar-refractivity contribution >= 4 is 29.1 Å². The van der Waals surface area contributed by atoms with Crippen LogP contribution in [0.1, 0.15) is 35.2 Å². The molecule has 1 aliphatic carbocycles. The average molecular weight is 470 g/mol. The highest BCUT2D eigenvalue weighted by Crippen LogP contribution is 2.36. The first-order chi connectivity index (χ1) is 15.6. The van der Waals surface area contributed by atoms with Crippen LogP contribution in [-0.2, 0) is 30.7 Å². The van der Waals surface area contributed by atoms with E-state index in [1.807, 2.05) is 36.5 Å². The molecule has 2 aromatic carbocycles. The zero-order chi connectivity index (χ0) is 22.1. The molecule has 1 fully saturated rings. The molecule has 2 heterocycles. The number of nitrogens with zero attached hydrogens (tertiary/aromatic N) is 1. The topological polar surface area (TPSA) is 67.0 Å². The third kappa shape index (κ3) is 4.50. The summed E-state index contributed by atoms with van der Waals surface area (Å²) in [6.45, 7) is 0.444. The molecule has 2 N–H and O–H groups in total. The van der Waals surface area contributed by atoms with E-state index in [1.54, 1.807) is 12.1 Å². The summed E-state index contributed by atoms with van der Waals surface area (Å²) >= 11 is 13.1. The number of nitrogens with one attached hydrogen (secondary N) is 2. The second-order valence-corrected chi connectivity index (χ2v) is 9.58. The molecular formula is C25H25Cl2N3O2. The lowest BCUT2D eigenvalue weighted by Gasteiger charge is -2.27. The van der Waals surface area contributed by atoms with Crippen molar-refractivity contribution in [3.05, 3.63) is 81.1 Å². The lowest BCUT2D eigenvalue weighted by Crippen LogP contribution is -2.35. The van der Waals surface area contributed by atoms with E-state index in [-0.39, 0.29) is 17.9 Å². The second kappa shape index (κ2) is 9.16. The number of benzene rings is 2. The number of aromatic amines is 1. The summed E-state index contributed by atoms with van der Waals surface area (Å²) in [5.41, 5.74) is 4.39. The summed E-state index contributed by atoms with van der Waals surface area (Å²) in [4.78, 5) is 12.7. The SMILES string of the molecule is O=C1N[C@@H](C2CCc3[nH]ncc3C2)C[C@H]1Cc1c(Cl)cc(OCc2ccccc2)cc1Cl. The molecule has 7 heteroatoms. The minimum absolute atomic E-state index is 0.0875.